The second kappa shape index (κ2) is 9.14. The van der Waals surface area contributed by atoms with Crippen molar-refractivity contribution in [2.75, 3.05) is 19.8 Å². The first-order valence-electron chi connectivity index (χ1n) is 7.78. The maximum absolute atomic E-state index is 11.7. The van der Waals surface area contributed by atoms with Gasteiger partial charge in [0.05, 0.1) is 11.0 Å². The van der Waals surface area contributed by atoms with Crippen molar-refractivity contribution in [3.8, 4) is 5.75 Å². The zero-order chi connectivity index (χ0) is 18.2. The molecule has 1 aliphatic heterocycles. The maximum Gasteiger partial charge on any atom is 0.276 e. The Labute approximate surface area is 150 Å². The summed E-state index contributed by atoms with van der Waals surface area (Å²) in [4.78, 5) is 21.9. The molecular weight excluding hydrogens is 348 g/mol. The van der Waals surface area contributed by atoms with Crippen LogP contribution in [0.2, 0.25) is 0 Å². The van der Waals surface area contributed by atoms with Gasteiger partial charge in [-0.15, -0.1) is 0 Å². The molecule has 1 unspecified atom stereocenters. The number of nitrogens with zero attached hydrogens (tertiary/aromatic N) is 1. The fourth-order valence-electron chi connectivity index (χ4n) is 2.27. The quantitative estimate of drug-likeness (QED) is 0.386. The van der Waals surface area contributed by atoms with Gasteiger partial charge in [0, 0.05) is 25.3 Å². The molecule has 2 rings (SSSR count). The third kappa shape index (κ3) is 6.16. The van der Waals surface area contributed by atoms with Crippen molar-refractivity contribution in [1.82, 2.24) is 16.2 Å². The van der Waals surface area contributed by atoms with Crippen LogP contribution in [0, 0.1) is 17.0 Å². The van der Waals surface area contributed by atoms with Gasteiger partial charge in [-0.2, -0.15) is 0 Å². The number of non-ortho nitro benzene ring substituents is 1. The van der Waals surface area contributed by atoms with E-state index in [0.717, 1.165) is 19.4 Å². The largest absolute Gasteiger partial charge is 0.483 e. The molecule has 1 fully saturated rings. The summed E-state index contributed by atoms with van der Waals surface area (Å²) < 4.78 is 10.8. The van der Waals surface area contributed by atoms with Crippen LogP contribution in [0.15, 0.2) is 18.2 Å². The maximum atomic E-state index is 11.7. The predicted molar refractivity (Wildman–Crippen MR) is 94.2 cm³/mol. The van der Waals surface area contributed by atoms with E-state index in [1.165, 1.54) is 18.2 Å². The zero-order valence-electron chi connectivity index (χ0n) is 13.7. The third-order valence-electron chi connectivity index (χ3n) is 3.56. The van der Waals surface area contributed by atoms with E-state index in [2.05, 4.69) is 16.2 Å². The van der Waals surface area contributed by atoms with Crippen molar-refractivity contribution in [1.29, 1.82) is 0 Å². The Morgan fingerprint density at radius 1 is 1.48 bits per heavy atom. The van der Waals surface area contributed by atoms with E-state index < -0.39 is 10.8 Å². The molecule has 0 spiro atoms. The first kappa shape index (κ1) is 18.9. The highest BCUT2D eigenvalue weighted by atomic mass is 32.1. The van der Waals surface area contributed by atoms with E-state index in [9.17, 15) is 14.9 Å². The highest BCUT2D eigenvalue weighted by Crippen LogP contribution is 2.22. The molecule has 0 aromatic heterocycles. The Morgan fingerprint density at radius 2 is 2.28 bits per heavy atom. The third-order valence-corrected chi connectivity index (χ3v) is 3.80. The molecular formula is C15H20N4O5S. The number of aryl methyl sites for hydroxylation is 1. The molecule has 0 bridgehead atoms. The molecule has 1 aromatic rings. The fourth-order valence-corrected chi connectivity index (χ4v) is 2.41. The minimum atomic E-state index is -0.488. The number of nitrogens with one attached hydrogen (secondary N) is 3. The number of hydrogen-bond acceptors (Lipinski definition) is 6. The van der Waals surface area contributed by atoms with E-state index >= 15 is 0 Å². The number of hydrogen-bond donors (Lipinski definition) is 3. The summed E-state index contributed by atoms with van der Waals surface area (Å²) in [5.41, 5.74) is 5.53. The number of thiocarbonyl (C=S) groups is 1. The Kier molecular flexibility index (Phi) is 6.90. The molecule has 0 radical (unpaired) electrons. The van der Waals surface area contributed by atoms with E-state index in [4.69, 9.17) is 21.7 Å². The lowest BCUT2D eigenvalue weighted by molar-refractivity contribution is -0.384. The highest BCUT2D eigenvalue weighted by molar-refractivity contribution is 7.80. The molecule has 0 saturated carbocycles. The normalized spacial score (nSPS) is 16.1. The van der Waals surface area contributed by atoms with Crippen molar-refractivity contribution in [3.05, 3.63) is 33.9 Å². The van der Waals surface area contributed by atoms with Crippen molar-refractivity contribution in [2.24, 2.45) is 0 Å². The fraction of sp³-hybridized carbons (Fsp3) is 0.467. The van der Waals surface area contributed by atoms with Gasteiger partial charge in [-0.1, -0.05) is 0 Å². The van der Waals surface area contributed by atoms with E-state index in [1.54, 1.807) is 6.92 Å². The molecule has 1 amide bonds. The summed E-state index contributed by atoms with van der Waals surface area (Å²) >= 11 is 5.05. The minimum absolute atomic E-state index is 0.0290. The average molecular weight is 368 g/mol. The molecule has 1 saturated heterocycles. The monoisotopic (exact) mass is 368 g/mol. The summed E-state index contributed by atoms with van der Waals surface area (Å²) in [6.07, 6.45) is 2.18. The minimum Gasteiger partial charge on any atom is -0.483 e. The van der Waals surface area contributed by atoms with Gasteiger partial charge in [0.25, 0.3) is 11.6 Å². The van der Waals surface area contributed by atoms with Crippen molar-refractivity contribution in [2.45, 2.75) is 25.9 Å². The molecule has 136 valence electrons. The van der Waals surface area contributed by atoms with Crippen molar-refractivity contribution in [3.63, 3.8) is 0 Å². The predicted octanol–water partition coefficient (Wildman–Crippen LogP) is 0.956. The molecule has 1 atom stereocenters. The summed E-state index contributed by atoms with van der Waals surface area (Å²) in [5.74, 6) is -0.0288. The molecule has 9 nitrogen and oxygen atoms in total. The SMILES string of the molecule is Cc1cc([N+](=O)[O-])ccc1OCC(=O)NNC(=S)NCC1CCCO1. The number of ether oxygens (including phenoxy) is 2. The molecule has 3 N–H and O–H groups in total. The van der Waals surface area contributed by atoms with E-state index in [-0.39, 0.29) is 23.5 Å². The number of rotatable bonds is 6. The van der Waals surface area contributed by atoms with Gasteiger partial charge in [0.15, 0.2) is 11.7 Å². The zero-order valence-corrected chi connectivity index (χ0v) is 14.6. The van der Waals surface area contributed by atoms with Crippen LogP contribution in [0.1, 0.15) is 18.4 Å². The van der Waals surface area contributed by atoms with Crippen LogP contribution in [-0.2, 0) is 9.53 Å². The second-order valence-corrected chi connectivity index (χ2v) is 5.92. The van der Waals surface area contributed by atoms with Crippen LogP contribution < -0.4 is 20.9 Å². The number of nitro benzene ring substituents is 1. The van der Waals surface area contributed by atoms with Gasteiger partial charge in [-0.05, 0) is 43.6 Å². The van der Waals surface area contributed by atoms with Gasteiger partial charge < -0.3 is 14.8 Å². The molecule has 25 heavy (non-hydrogen) atoms. The number of benzene rings is 1. The molecule has 10 heteroatoms. The van der Waals surface area contributed by atoms with Crippen LogP contribution >= 0.6 is 12.2 Å². The van der Waals surface area contributed by atoms with Crippen molar-refractivity contribution < 1.29 is 19.2 Å². The Hall–Kier alpha value is -2.46. The van der Waals surface area contributed by atoms with Crippen LogP contribution in [0.3, 0.4) is 0 Å². The Bertz CT molecular complexity index is 649. The average Bonchev–Trinajstić information content (AvgIpc) is 3.10. The standard InChI is InChI=1S/C15H20N4O5S/c1-10-7-11(19(21)22)4-5-13(10)24-9-14(20)17-18-15(25)16-8-12-3-2-6-23-12/h4-5,7,12H,2-3,6,8-9H2,1H3,(H,17,20)(H2,16,18,25). The van der Waals surface area contributed by atoms with Crippen LogP contribution in [0.5, 0.6) is 5.75 Å². The summed E-state index contributed by atoms with van der Waals surface area (Å²) in [5, 5.41) is 13.9. The number of hydrazine groups is 1. The van der Waals surface area contributed by atoms with Crippen molar-refractivity contribution >= 4 is 28.9 Å². The van der Waals surface area contributed by atoms with Crippen LogP contribution in [0.25, 0.3) is 0 Å². The lowest BCUT2D eigenvalue weighted by Crippen LogP contribution is -2.49. The van der Waals surface area contributed by atoms with Gasteiger partial charge in [0.2, 0.25) is 0 Å². The summed E-state index contributed by atoms with van der Waals surface area (Å²) in [6, 6.07) is 4.17. The topological polar surface area (TPSA) is 115 Å². The van der Waals surface area contributed by atoms with Gasteiger partial charge in [0.1, 0.15) is 5.75 Å². The summed E-state index contributed by atoms with van der Waals surface area (Å²) in [6.45, 7) is 2.77. The lowest BCUT2D eigenvalue weighted by Gasteiger charge is -2.15. The Balaban J connectivity index is 1.68. The number of nitro groups is 1. The van der Waals surface area contributed by atoms with Gasteiger partial charge in [-0.25, -0.2) is 0 Å². The number of carbonyl (C=O) groups excluding carboxylic acids is 1. The first-order valence-corrected chi connectivity index (χ1v) is 8.18. The smallest absolute Gasteiger partial charge is 0.276 e. The number of amides is 1. The van der Waals surface area contributed by atoms with Gasteiger partial charge in [-0.3, -0.25) is 25.8 Å². The molecule has 1 aromatic carbocycles. The van der Waals surface area contributed by atoms with E-state index in [1.807, 2.05) is 0 Å². The first-order chi connectivity index (χ1) is 12.0. The molecule has 1 heterocycles. The second-order valence-electron chi connectivity index (χ2n) is 5.51. The van der Waals surface area contributed by atoms with Gasteiger partial charge >= 0.3 is 0 Å². The molecule has 1 aliphatic rings. The Morgan fingerprint density at radius 3 is 2.92 bits per heavy atom. The highest BCUT2D eigenvalue weighted by Gasteiger charge is 2.15. The van der Waals surface area contributed by atoms with Crippen LogP contribution in [0.4, 0.5) is 5.69 Å². The summed E-state index contributed by atoms with van der Waals surface area (Å²) in [7, 11) is 0. The van der Waals surface area contributed by atoms with Crippen LogP contribution in [-0.4, -0.2) is 41.8 Å². The molecule has 0 aliphatic carbocycles. The number of carbonyl (C=O) groups is 1. The lowest BCUT2D eigenvalue weighted by atomic mass is 10.2. The van der Waals surface area contributed by atoms with E-state index in [0.29, 0.717) is 17.9 Å².